The summed E-state index contributed by atoms with van der Waals surface area (Å²) in [6.45, 7) is 7.09. The molecule has 2 amide bonds. The second kappa shape index (κ2) is 8.78. The molecule has 0 saturated carbocycles. The summed E-state index contributed by atoms with van der Waals surface area (Å²) in [5.41, 5.74) is 2.65. The first-order valence-corrected chi connectivity index (χ1v) is 9.51. The lowest BCUT2D eigenvalue weighted by molar-refractivity contribution is -0.117. The molecule has 148 valence electrons. The van der Waals surface area contributed by atoms with Crippen LogP contribution in [0.4, 0.5) is 11.4 Å². The van der Waals surface area contributed by atoms with E-state index in [0.29, 0.717) is 42.9 Å². The van der Waals surface area contributed by atoms with Crippen LogP contribution in [-0.2, 0) is 9.59 Å². The number of amides is 2. The van der Waals surface area contributed by atoms with Gasteiger partial charge in [0.25, 0.3) is 0 Å². The van der Waals surface area contributed by atoms with Crippen LogP contribution >= 0.6 is 0 Å². The Labute approximate surface area is 165 Å². The van der Waals surface area contributed by atoms with Crippen LogP contribution in [0.1, 0.15) is 38.7 Å². The van der Waals surface area contributed by atoms with E-state index in [1.165, 1.54) is 12.5 Å². The molecular weight excluding hydrogens is 356 g/mol. The number of carbonyl (C=O) groups excluding carboxylic acids is 2. The van der Waals surface area contributed by atoms with Gasteiger partial charge in [0.15, 0.2) is 11.5 Å². The van der Waals surface area contributed by atoms with Crippen molar-refractivity contribution in [1.29, 1.82) is 0 Å². The van der Waals surface area contributed by atoms with Crippen molar-refractivity contribution in [3.05, 3.63) is 48.0 Å². The van der Waals surface area contributed by atoms with E-state index < -0.39 is 0 Å². The number of nitrogens with zero attached hydrogens (tertiary/aromatic N) is 1. The van der Waals surface area contributed by atoms with Gasteiger partial charge in [-0.3, -0.25) is 9.59 Å². The van der Waals surface area contributed by atoms with E-state index in [4.69, 9.17) is 9.47 Å². The maximum atomic E-state index is 12.4. The highest BCUT2D eigenvalue weighted by Gasteiger charge is 2.16. The summed E-state index contributed by atoms with van der Waals surface area (Å²) < 4.78 is 11.0. The maximum absolute atomic E-state index is 12.4. The number of benzene rings is 2. The van der Waals surface area contributed by atoms with Crippen LogP contribution in [0.25, 0.3) is 0 Å². The zero-order chi connectivity index (χ0) is 20.1. The fourth-order valence-corrected chi connectivity index (χ4v) is 3.07. The van der Waals surface area contributed by atoms with Gasteiger partial charge in [0, 0.05) is 37.3 Å². The molecule has 0 bridgehead atoms. The molecule has 6 heteroatoms. The minimum absolute atomic E-state index is 0.0931. The Morgan fingerprint density at radius 2 is 1.71 bits per heavy atom. The number of ether oxygens (including phenoxy) is 2. The Kier molecular flexibility index (Phi) is 6.19. The summed E-state index contributed by atoms with van der Waals surface area (Å²) in [7, 11) is 0. The van der Waals surface area contributed by atoms with Crippen LogP contribution in [0.3, 0.4) is 0 Å². The lowest BCUT2D eigenvalue weighted by Crippen LogP contribution is -2.32. The topological polar surface area (TPSA) is 67.9 Å². The van der Waals surface area contributed by atoms with Gasteiger partial charge in [-0.25, -0.2) is 0 Å². The van der Waals surface area contributed by atoms with Gasteiger partial charge >= 0.3 is 0 Å². The molecule has 0 atom stereocenters. The molecule has 3 rings (SSSR count). The number of fused-ring (bicyclic) bond motifs is 1. The molecule has 0 radical (unpaired) electrons. The highest BCUT2D eigenvalue weighted by molar-refractivity contribution is 5.95. The molecule has 0 fully saturated rings. The Morgan fingerprint density at radius 1 is 1.04 bits per heavy atom. The molecule has 0 spiro atoms. The van der Waals surface area contributed by atoms with Crippen LogP contribution in [-0.4, -0.2) is 31.6 Å². The molecule has 1 heterocycles. The van der Waals surface area contributed by atoms with E-state index in [1.807, 2.05) is 24.3 Å². The fraction of sp³-hybridized carbons (Fsp3) is 0.364. The van der Waals surface area contributed by atoms with Crippen molar-refractivity contribution in [2.45, 2.75) is 33.1 Å². The van der Waals surface area contributed by atoms with Crippen molar-refractivity contribution in [2.75, 3.05) is 30.0 Å². The van der Waals surface area contributed by atoms with Gasteiger partial charge in [-0.05, 0) is 35.7 Å². The largest absolute Gasteiger partial charge is 0.486 e. The maximum Gasteiger partial charge on any atom is 0.226 e. The molecule has 0 unspecified atom stereocenters. The van der Waals surface area contributed by atoms with E-state index in [1.54, 1.807) is 23.1 Å². The average molecular weight is 382 g/mol. The number of anilines is 2. The molecule has 1 N–H and O–H groups in total. The summed E-state index contributed by atoms with van der Waals surface area (Å²) in [6.07, 6.45) is 0.194. The predicted molar refractivity (Wildman–Crippen MR) is 109 cm³/mol. The average Bonchev–Trinajstić information content (AvgIpc) is 2.68. The summed E-state index contributed by atoms with van der Waals surface area (Å²) in [4.78, 5) is 26.0. The first kappa shape index (κ1) is 19.7. The number of hydrogen-bond donors (Lipinski definition) is 1. The van der Waals surface area contributed by atoms with Crippen molar-refractivity contribution in [3.8, 4) is 11.5 Å². The van der Waals surface area contributed by atoms with Crippen LogP contribution in [0, 0.1) is 0 Å². The van der Waals surface area contributed by atoms with Gasteiger partial charge in [-0.15, -0.1) is 0 Å². The highest BCUT2D eigenvalue weighted by Crippen LogP contribution is 2.32. The summed E-state index contributed by atoms with van der Waals surface area (Å²) in [5, 5.41) is 2.85. The number of nitrogens with one attached hydrogen (secondary N) is 1. The first-order valence-electron chi connectivity index (χ1n) is 9.51. The molecule has 0 aliphatic carbocycles. The summed E-state index contributed by atoms with van der Waals surface area (Å²) >= 11 is 0. The molecule has 1 aliphatic rings. The molecule has 28 heavy (non-hydrogen) atoms. The van der Waals surface area contributed by atoms with E-state index in [0.717, 1.165) is 5.69 Å². The molecule has 2 aromatic rings. The van der Waals surface area contributed by atoms with Gasteiger partial charge in [-0.1, -0.05) is 26.0 Å². The molecular formula is C22H26N2O4. The lowest BCUT2D eigenvalue weighted by Gasteiger charge is -2.22. The van der Waals surface area contributed by atoms with Crippen molar-refractivity contribution in [2.24, 2.45) is 0 Å². The van der Waals surface area contributed by atoms with E-state index >= 15 is 0 Å². The van der Waals surface area contributed by atoms with E-state index in [-0.39, 0.29) is 18.2 Å². The normalized spacial score (nSPS) is 12.6. The minimum Gasteiger partial charge on any atom is -0.486 e. The van der Waals surface area contributed by atoms with Crippen LogP contribution in [0.15, 0.2) is 42.5 Å². The third kappa shape index (κ3) is 4.82. The van der Waals surface area contributed by atoms with Crippen LogP contribution in [0.5, 0.6) is 11.5 Å². The number of hydrogen-bond acceptors (Lipinski definition) is 4. The van der Waals surface area contributed by atoms with Crippen LogP contribution in [0.2, 0.25) is 0 Å². The minimum atomic E-state index is -0.165. The van der Waals surface area contributed by atoms with Crippen molar-refractivity contribution >= 4 is 23.2 Å². The van der Waals surface area contributed by atoms with E-state index in [9.17, 15) is 9.59 Å². The third-order valence-corrected chi connectivity index (χ3v) is 4.64. The van der Waals surface area contributed by atoms with Gasteiger partial charge < -0.3 is 19.7 Å². The summed E-state index contributed by atoms with van der Waals surface area (Å²) in [6, 6.07) is 13.2. The Hall–Kier alpha value is -3.02. The van der Waals surface area contributed by atoms with Gasteiger partial charge in [0.1, 0.15) is 13.2 Å². The third-order valence-electron chi connectivity index (χ3n) is 4.64. The van der Waals surface area contributed by atoms with Crippen molar-refractivity contribution < 1.29 is 19.1 Å². The fourth-order valence-electron chi connectivity index (χ4n) is 3.07. The predicted octanol–water partition coefficient (Wildman–Crippen LogP) is 3.96. The second-order valence-corrected chi connectivity index (χ2v) is 7.07. The zero-order valence-corrected chi connectivity index (χ0v) is 16.5. The Balaban J connectivity index is 1.60. The van der Waals surface area contributed by atoms with Gasteiger partial charge in [-0.2, -0.15) is 0 Å². The first-order chi connectivity index (χ1) is 13.4. The smallest absolute Gasteiger partial charge is 0.226 e. The van der Waals surface area contributed by atoms with Crippen molar-refractivity contribution in [1.82, 2.24) is 0 Å². The quantitative estimate of drug-likeness (QED) is 0.821. The second-order valence-electron chi connectivity index (χ2n) is 7.07. The SMILES string of the molecule is CC(=O)N(CCC(=O)Nc1ccc2c(c1)OCCO2)c1ccc(C(C)C)cc1. The molecule has 2 aromatic carbocycles. The van der Waals surface area contributed by atoms with Crippen LogP contribution < -0.4 is 19.7 Å². The van der Waals surface area contributed by atoms with E-state index in [2.05, 4.69) is 19.2 Å². The zero-order valence-electron chi connectivity index (χ0n) is 16.5. The Bertz CT molecular complexity index is 846. The highest BCUT2D eigenvalue weighted by atomic mass is 16.6. The standard InChI is InChI=1S/C22H26N2O4/c1-15(2)17-4-7-19(8-5-17)24(16(3)25)11-10-22(26)23-18-6-9-20-21(14-18)28-13-12-27-20/h4-9,14-15H,10-13H2,1-3H3,(H,23,26). The number of carbonyl (C=O) groups is 2. The monoisotopic (exact) mass is 382 g/mol. The van der Waals surface area contributed by atoms with Gasteiger partial charge in [0.2, 0.25) is 11.8 Å². The molecule has 0 aromatic heterocycles. The Morgan fingerprint density at radius 3 is 2.36 bits per heavy atom. The molecule has 1 aliphatic heterocycles. The molecule has 6 nitrogen and oxygen atoms in total. The summed E-state index contributed by atoms with van der Waals surface area (Å²) in [5.74, 6) is 1.47. The van der Waals surface area contributed by atoms with Gasteiger partial charge in [0.05, 0.1) is 0 Å². The van der Waals surface area contributed by atoms with Crippen molar-refractivity contribution in [3.63, 3.8) is 0 Å². The number of rotatable bonds is 6. The lowest BCUT2D eigenvalue weighted by atomic mass is 10.0. The molecule has 0 saturated heterocycles.